The average molecular weight is 340 g/mol. The number of nitrogens with one attached hydrogen (secondary N) is 1. The zero-order valence-corrected chi connectivity index (χ0v) is 15.2. The number of carbonyl (C=O) groups excluding carboxylic acids is 1. The molecule has 0 spiro atoms. The van der Waals surface area contributed by atoms with E-state index in [0.29, 0.717) is 11.6 Å². The lowest BCUT2D eigenvalue weighted by atomic mass is 9.88. The van der Waals surface area contributed by atoms with Gasteiger partial charge >= 0.3 is 0 Å². The zero-order valence-electron chi connectivity index (χ0n) is 15.2. The molecule has 1 N–H and O–H groups in total. The lowest BCUT2D eigenvalue weighted by molar-refractivity contribution is 0.0846. The van der Waals surface area contributed by atoms with Gasteiger partial charge in [-0.15, -0.1) is 0 Å². The molecule has 134 valence electrons. The molecule has 5 nitrogen and oxygen atoms in total. The normalized spacial score (nSPS) is 20.6. The fourth-order valence-corrected chi connectivity index (χ4v) is 3.86. The van der Waals surface area contributed by atoms with Crippen molar-refractivity contribution in [1.82, 2.24) is 19.8 Å². The summed E-state index contributed by atoms with van der Waals surface area (Å²) < 4.78 is 1.93. The van der Waals surface area contributed by atoms with Crippen molar-refractivity contribution >= 4 is 5.91 Å². The highest BCUT2D eigenvalue weighted by atomic mass is 16.1. The first-order valence-corrected chi connectivity index (χ1v) is 9.36. The lowest BCUT2D eigenvalue weighted by Gasteiger charge is -2.39. The van der Waals surface area contributed by atoms with E-state index in [-0.39, 0.29) is 11.9 Å². The summed E-state index contributed by atoms with van der Waals surface area (Å²) in [6.45, 7) is 6.47. The highest BCUT2D eigenvalue weighted by Crippen LogP contribution is 2.23. The molecule has 1 aliphatic rings. The molecule has 0 aliphatic heterocycles. The predicted octanol–water partition coefficient (Wildman–Crippen LogP) is 3.26. The van der Waals surface area contributed by atoms with Crippen LogP contribution in [0.5, 0.6) is 0 Å². The van der Waals surface area contributed by atoms with Crippen molar-refractivity contribution in [3.05, 3.63) is 48.5 Å². The van der Waals surface area contributed by atoms with Crippen LogP contribution in [0.15, 0.2) is 43.0 Å². The van der Waals surface area contributed by atoms with Crippen molar-refractivity contribution in [3.8, 4) is 5.69 Å². The van der Waals surface area contributed by atoms with Crippen LogP contribution in [0, 0.1) is 0 Å². The van der Waals surface area contributed by atoms with Gasteiger partial charge in [0.05, 0.1) is 6.33 Å². The molecule has 1 aromatic heterocycles. The van der Waals surface area contributed by atoms with E-state index in [2.05, 4.69) is 29.0 Å². The van der Waals surface area contributed by atoms with Crippen LogP contribution >= 0.6 is 0 Å². The molecule has 1 aliphatic carbocycles. The standard InChI is InChI=1S/C20H28N4O/c1-3-23(4-2)19-8-6-5-7-18(19)22-20(25)16-9-11-17(12-10-16)24-14-13-21-15-24/h9-15,18-19H,3-8H2,1-2H3,(H,22,25)/t18-,19-/m1/s1. The Morgan fingerprint density at radius 3 is 2.56 bits per heavy atom. The van der Waals surface area contributed by atoms with Gasteiger partial charge in [-0.2, -0.15) is 0 Å². The van der Waals surface area contributed by atoms with E-state index in [0.717, 1.165) is 25.2 Å². The summed E-state index contributed by atoms with van der Waals surface area (Å²) in [6.07, 6.45) is 10.1. The van der Waals surface area contributed by atoms with Crippen LogP contribution in [0.3, 0.4) is 0 Å². The molecular formula is C20H28N4O. The molecule has 1 aromatic carbocycles. The minimum absolute atomic E-state index is 0.0289. The molecule has 5 heteroatoms. The Bertz CT molecular complexity index is 662. The van der Waals surface area contributed by atoms with Gasteiger partial charge in [0.1, 0.15) is 0 Å². The molecule has 2 aromatic rings. The number of carbonyl (C=O) groups is 1. The summed E-state index contributed by atoms with van der Waals surface area (Å²) in [5.74, 6) is 0.0289. The van der Waals surface area contributed by atoms with Gasteiger partial charge in [-0.1, -0.05) is 26.7 Å². The second-order valence-electron chi connectivity index (χ2n) is 6.67. The third kappa shape index (κ3) is 4.10. The number of nitrogens with zero attached hydrogens (tertiary/aromatic N) is 3. The number of amides is 1. The van der Waals surface area contributed by atoms with Gasteiger partial charge in [0, 0.05) is 35.7 Å². The highest BCUT2D eigenvalue weighted by Gasteiger charge is 2.30. The maximum Gasteiger partial charge on any atom is 0.251 e. The summed E-state index contributed by atoms with van der Waals surface area (Å²) in [6, 6.07) is 8.39. The molecular weight excluding hydrogens is 312 g/mol. The topological polar surface area (TPSA) is 50.2 Å². The summed E-state index contributed by atoms with van der Waals surface area (Å²) in [5, 5.41) is 3.29. The molecule has 25 heavy (non-hydrogen) atoms. The van der Waals surface area contributed by atoms with Gasteiger partial charge in [0.15, 0.2) is 0 Å². The first kappa shape index (κ1) is 17.7. The van der Waals surface area contributed by atoms with E-state index in [1.165, 1.54) is 19.3 Å². The number of hydrogen-bond donors (Lipinski definition) is 1. The van der Waals surface area contributed by atoms with Crippen LogP contribution in [-0.2, 0) is 0 Å². The van der Waals surface area contributed by atoms with Gasteiger partial charge in [-0.3, -0.25) is 9.69 Å². The Morgan fingerprint density at radius 2 is 1.92 bits per heavy atom. The van der Waals surface area contributed by atoms with Gasteiger partial charge in [0.2, 0.25) is 0 Å². The van der Waals surface area contributed by atoms with Crippen molar-refractivity contribution in [2.75, 3.05) is 13.1 Å². The Labute approximate surface area is 150 Å². The molecule has 1 fully saturated rings. The van der Waals surface area contributed by atoms with E-state index in [1.54, 1.807) is 12.5 Å². The van der Waals surface area contributed by atoms with Crippen LogP contribution < -0.4 is 5.32 Å². The smallest absolute Gasteiger partial charge is 0.251 e. The number of aromatic nitrogens is 2. The van der Waals surface area contributed by atoms with Crippen molar-refractivity contribution in [2.45, 2.75) is 51.6 Å². The molecule has 0 saturated heterocycles. The number of likely N-dealkylation sites (N-methyl/N-ethyl adjacent to an activating group) is 1. The third-order valence-electron chi connectivity index (χ3n) is 5.26. The number of hydrogen-bond acceptors (Lipinski definition) is 3. The van der Waals surface area contributed by atoms with Crippen molar-refractivity contribution in [1.29, 1.82) is 0 Å². The predicted molar refractivity (Wildman–Crippen MR) is 100.0 cm³/mol. The van der Waals surface area contributed by atoms with Crippen LogP contribution in [0.25, 0.3) is 5.69 Å². The monoisotopic (exact) mass is 340 g/mol. The first-order chi connectivity index (χ1) is 12.2. The Hall–Kier alpha value is -2.14. The fraction of sp³-hybridized carbons (Fsp3) is 0.500. The van der Waals surface area contributed by atoms with Crippen LogP contribution in [-0.4, -0.2) is 45.5 Å². The third-order valence-corrected chi connectivity index (χ3v) is 5.26. The van der Waals surface area contributed by atoms with Crippen LogP contribution in [0.2, 0.25) is 0 Å². The lowest BCUT2D eigenvalue weighted by Crippen LogP contribution is -2.53. The molecule has 0 bridgehead atoms. The van der Waals surface area contributed by atoms with Gasteiger partial charge < -0.3 is 9.88 Å². The largest absolute Gasteiger partial charge is 0.348 e. The minimum atomic E-state index is 0.0289. The van der Waals surface area contributed by atoms with Gasteiger partial charge in [-0.05, 0) is 50.2 Å². The molecule has 1 saturated carbocycles. The maximum atomic E-state index is 12.7. The summed E-state index contributed by atoms with van der Waals surface area (Å²) >= 11 is 0. The number of imidazole rings is 1. The Kier molecular flexibility index (Phi) is 5.87. The molecule has 1 heterocycles. The molecule has 0 unspecified atom stereocenters. The van der Waals surface area contributed by atoms with E-state index >= 15 is 0 Å². The average Bonchev–Trinajstić information content (AvgIpc) is 3.19. The van der Waals surface area contributed by atoms with Crippen molar-refractivity contribution in [3.63, 3.8) is 0 Å². The van der Waals surface area contributed by atoms with E-state index < -0.39 is 0 Å². The Morgan fingerprint density at radius 1 is 1.20 bits per heavy atom. The number of benzene rings is 1. The van der Waals surface area contributed by atoms with Crippen molar-refractivity contribution in [2.24, 2.45) is 0 Å². The Balaban J connectivity index is 1.68. The minimum Gasteiger partial charge on any atom is -0.348 e. The molecule has 0 radical (unpaired) electrons. The quantitative estimate of drug-likeness (QED) is 0.878. The second-order valence-corrected chi connectivity index (χ2v) is 6.67. The molecule has 2 atom stereocenters. The van der Waals surface area contributed by atoms with Gasteiger partial charge in [0.25, 0.3) is 5.91 Å². The SMILES string of the molecule is CCN(CC)[C@@H]1CCCC[C@H]1NC(=O)c1ccc(-n2ccnc2)cc1. The van der Waals surface area contributed by atoms with E-state index in [9.17, 15) is 4.79 Å². The summed E-state index contributed by atoms with van der Waals surface area (Å²) in [4.78, 5) is 19.2. The highest BCUT2D eigenvalue weighted by molar-refractivity contribution is 5.94. The van der Waals surface area contributed by atoms with E-state index in [1.807, 2.05) is 35.0 Å². The van der Waals surface area contributed by atoms with E-state index in [4.69, 9.17) is 0 Å². The van der Waals surface area contributed by atoms with Crippen LogP contribution in [0.1, 0.15) is 49.9 Å². The van der Waals surface area contributed by atoms with Crippen LogP contribution in [0.4, 0.5) is 0 Å². The van der Waals surface area contributed by atoms with Gasteiger partial charge in [-0.25, -0.2) is 4.98 Å². The molecule has 1 amide bonds. The number of rotatable bonds is 6. The van der Waals surface area contributed by atoms with Crippen molar-refractivity contribution < 1.29 is 4.79 Å². The summed E-state index contributed by atoms with van der Waals surface area (Å²) in [7, 11) is 0. The fourth-order valence-electron chi connectivity index (χ4n) is 3.86. The zero-order chi connectivity index (χ0) is 17.6. The summed E-state index contributed by atoms with van der Waals surface area (Å²) in [5.41, 5.74) is 1.72. The first-order valence-electron chi connectivity index (χ1n) is 9.36. The molecule has 3 rings (SSSR count). The second kappa shape index (κ2) is 8.30. The maximum absolute atomic E-state index is 12.7.